The SMILES string of the molecule is CCn1ncc(OC)c1C(N)CSC. The van der Waals surface area contributed by atoms with Crippen molar-refractivity contribution < 1.29 is 4.74 Å². The molecule has 1 heterocycles. The van der Waals surface area contributed by atoms with Gasteiger partial charge in [0.15, 0.2) is 5.75 Å². The van der Waals surface area contributed by atoms with Gasteiger partial charge in [-0.05, 0) is 13.2 Å². The maximum atomic E-state index is 6.04. The van der Waals surface area contributed by atoms with E-state index in [2.05, 4.69) is 5.10 Å². The molecule has 1 unspecified atom stereocenters. The lowest BCUT2D eigenvalue weighted by atomic mass is 10.2. The minimum Gasteiger partial charge on any atom is -0.493 e. The van der Waals surface area contributed by atoms with E-state index in [9.17, 15) is 0 Å². The highest BCUT2D eigenvalue weighted by Crippen LogP contribution is 2.25. The maximum Gasteiger partial charge on any atom is 0.161 e. The number of aryl methyl sites for hydroxylation is 1. The van der Waals surface area contributed by atoms with E-state index in [0.717, 1.165) is 23.7 Å². The number of rotatable bonds is 5. The zero-order chi connectivity index (χ0) is 10.6. The van der Waals surface area contributed by atoms with Crippen LogP contribution in [-0.2, 0) is 6.54 Å². The first-order chi connectivity index (χ1) is 6.74. The van der Waals surface area contributed by atoms with Gasteiger partial charge in [-0.25, -0.2) is 0 Å². The van der Waals surface area contributed by atoms with E-state index < -0.39 is 0 Å². The summed E-state index contributed by atoms with van der Waals surface area (Å²) in [6.45, 7) is 2.86. The van der Waals surface area contributed by atoms with Gasteiger partial charge in [-0.15, -0.1) is 0 Å². The average molecular weight is 215 g/mol. The molecule has 0 bridgehead atoms. The summed E-state index contributed by atoms with van der Waals surface area (Å²) < 4.78 is 7.11. The van der Waals surface area contributed by atoms with Crippen LogP contribution >= 0.6 is 11.8 Å². The van der Waals surface area contributed by atoms with E-state index in [1.165, 1.54) is 0 Å². The molecule has 1 aromatic rings. The molecule has 0 aliphatic carbocycles. The first kappa shape index (κ1) is 11.4. The molecule has 0 saturated carbocycles. The van der Waals surface area contributed by atoms with Crippen molar-refractivity contribution in [2.24, 2.45) is 5.73 Å². The molecule has 1 atom stereocenters. The van der Waals surface area contributed by atoms with Gasteiger partial charge in [0.1, 0.15) is 0 Å². The third-order valence-corrected chi connectivity index (χ3v) is 2.75. The number of ether oxygens (including phenoxy) is 1. The van der Waals surface area contributed by atoms with Crippen molar-refractivity contribution in [1.29, 1.82) is 0 Å². The van der Waals surface area contributed by atoms with Crippen LogP contribution in [0.3, 0.4) is 0 Å². The maximum absolute atomic E-state index is 6.04. The molecule has 80 valence electrons. The molecule has 0 radical (unpaired) electrons. The summed E-state index contributed by atoms with van der Waals surface area (Å²) in [4.78, 5) is 0. The number of thioether (sulfide) groups is 1. The molecule has 0 spiro atoms. The van der Waals surface area contributed by atoms with Crippen LogP contribution in [0.25, 0.3) is 0 Å². The minimum atomic E-state index is -0.0117. The highest BCUT2D eigenvalue weighted by molar-refractivity contribution is 7.98. The van der Waals surface area contributed by atoms with Crippen molar-refractivity contribution in [3.8, 4) is 5.75 Å². The largest absolute Gasteiger partial charge is 0.493 e. The second-order valence-electron chi connectivity index (χ2n) is 2.98. The molecule has 0 aliphatic rings. The summed E-state index contributed by atoms with van der Waals surface area (Å²) in [5.41, 5.74) is 7.03. The van der Waals surface area contributed by atoms with Crippen LogP contribution in [0, 0.1) is 0 Å². The van der Waals surface area contributed by atoms with Crippen LogP contribution in [0.2, 0.25) is 0 Å². The Hall–Kier alpha value is -0.680. The first-order valence-electron chi connectivity index (χ1n) is 4.58. The Morgan fingerprint density at radius 1 is 1.71 bits per heavy atom. The molecule has 0 fully saturated rings. The molecule has 5 heteroatoms. The van der Waals surface area contributed by atoms with Gasteiger partial charge in [-0.2, -0.15) is 16.9 Å². The van der Waals surface area contributed by atoms with Gasteiger partial charge < -0.3 is 10.5 Å². The highest BCUT2D eigenvalue weighted by Gasteiger charge is 2.17. The Bertz CT molecular complexity index is 266. The first-order valence-corrected chi connectivity index (χ1v) is 5.98. The molecular weight excluding hydrogens is 198 g/mol. The zero-order valence-electron chi connectivity index (χ0n) is 8.86. The second-order valence-corrected chi connectivity index (χ2v) is 3.89. The molecule has 4 nitrogen and oxygen atoms in total. The second kappa shape index (κ2) is 5.26. The fraction of sp³-hybridized carbons (Fsp3) is 0.667. The fourth-order valence-corrected chi connectivity index (χ4v) is 1.94. The molecule has 0 amide bonds. The summed E-state index contributed by atoms with van der Waals surface area (Å²) in [5.74, 6) is 1.66. The van der Waals surface area contributed by atoms with Gasteiger partial charge in [-0.3, -0.25) is 4.68 Å². The topological polar surface area (TPSA) is 53.1 Å². The number of nitrogens with zero attached hydrogens (tertiary/aromatic N) is 2. The number of hydrogen-bond donors (Lipinski definition) is 1. The number of nitrogens with two attached hydrogens (primary N) is 1. The molecule has 1 aromatic heterocycles. The number of aromatic nitrogens is 2. The van der Waals surface area contributed by atoms with Crippen molar-refractivity contribution in [3.63, 3.8) is 0 Å². The number of methoxy groups -OCH3 is 1. The predicted molar refractivity (Wildman–Crippen MR) is 59.8 cm³/mol. The Labute approximate surface area is 88.8 Å². The molecule has 0 aliphatic heterocycles. The molecule has 2 N–H and O–H groups in total. The minimum absolute atomic E-state index is 0.0117. The highest BCUT2D eigenvalue weighted by atomic mass is 32.2. The molecule has 0 aromatic carbocycles. The van der Waals surface area contributed by atoms with E-state index >= 15 is 0 Å². The molecule has 0 saturated heterocycles. The van der Waals surface area contributed by atoms with Gasteiger partial charge in [0.25, 0.3) is 0 Å². The Morgan fingerprint density at radius 2 is 2.43 bits per heavy atom. The lowest BCUT2D eigenvalue weighted by molar-refractivity contribution is 0.403. The van der Waals surface area contributed by atoms with Gasteiger partial charge >= 0.3 is 0 Å². The molecular formula is C9H17N3OS. The third-order valence-electron chi connectivity index (χ3n) is 2.06. The third kappa shape index (κ3) is 2.22. The Morgan fingerprint density at radius 3 is 2.93 bits per heavy atom. The Balaban J connectivity index is 2.95. The fourth-order valence-electron chi connectivity index (χ4n) is 1.42. The lowest BCUT2D eigenvalue weighted by Crippen LogP contribution is -2.18. The lowest BCUT2D eigenvalue weighted by Gasteiger charge is -2.13. The van der Waals surface area contributed by atoms with Crippen LogP contribution < -0.4 is 10.5 Å². The van der Waals surface area contributed by atoms with E-state index in [0.29, 0.717) is 0 Å². The van der Waals surface area contributed by atoms with Gasteiger partial charge in [-0.1, -0.05) is 0 Å². The van der Waals surface area contributed by atoms with Crippen molar-refractivity contribution in [1.82, 2.24) is 9.78 Å². The van der Waals surface area contributed by atoms with Gasteiger partial charge in [0.05, 0.1) is 25.0 Å². The van der Waals surface area contributed by atoms with Gasteiger partial charge in [0, 0.05) is 12.3 Å². The summed E-state index contributed by atoms with van der Waals surface area (Å²) in [7, 11) is 1.65. The average Bonchev–Trinajstić information content (AvgIpc) is 2.60. The quantitative estimate of drug-likeness (QED) is 0.803. The van der Waals surface area contributed by atoms with Gasteiger partial charge in [0.2, 0.25) is 0 Å². The van der Waals surface area contributed by atoms with Crippen LogP contribution in [-0.4, -0.2) is 28.9 Å². The number of hydrogen-bond acceptors (Lipinski definition) is 4. The van der Waals surface area contributed by atoms with Crippen molar-refractivity contribution in [3.05, 3.63) is 11.9 Å². The van der Waals surface area contributed by atoms with Crippen molar-refractivity contribution >= 4 is 11.8 Å². The standard InChI is InChI=1S/C9H17N3OS/c1-4-12-9(7(10)6-14-3)8(13-2)5-11-12/h5,7H,4,6,10H2,1-3H3. The smallest absolute Gasteiger partial charge is 0.161 e. The Kier molecular flexibility index (Phi) is 4.28. The zero-order valence-corrected chi connectivity index (χ0v) is 9.67. The van der Waals surface area contributed by atoms with Crippen molar-refractivity contribution in [2.45, 2.75) is 19.5 Å². The normalized spacial score (nSPS) is 12.9. The summed E-state index contributed by atoms with van der Waals surface area (Å²) in [5, 5.41) is 4.21. The van der Waals surface area contributed by atoms with Crippen LogP contribution in [0.5, 0.6) is 5.75 Å². The molecule has 14 heavy (non-hydrogen) atoms. The van der Waals surface area contributed by atoms with E-state index in [4.69, 9.17) is 10.5 Å². The summed E-state index contributed by atoms with van der Waals surface area (Å²) >= 11 is 1.72. The summed E-state index contributed by atoms with van der Waals surface area (Å²) in [6, 6.07) is -0.0117. The van der Waals surface area contributed by atoms with Crippen molar-refractivity contribution in [2.75, 3.05) is 19.1 Å². The molecule has 1 rings (SSSR count). The van der Waals surface area contributed by atoms with Crippen LogP contribution in [0.15, 0.2) is 6.20 Å². The predicted octanol–water partition coefficient (Wildman–Crippen LogP) is 1.27. The van der Waals surface area contributed by atoms with E-state index in [1.807, 2.05) is 17.9 Å². The summed E-state index contributed by atoms with van der Waals surface area (Å²) in [6.07, 6.45) is 3.76. The van der Waals surface area contributed by atoms with Crippen LogP contribution in [0.1, 0.15) is 18.7 Å². The monoisotopic (exact) mass is 215 g/mol. The van der Waals surface area contributed by atoms with E-state index in [1.54, 1.807) is 25.1 Å². The van der Waals surface area contributed by atoms with E-state index in [-0.39, 0.29) is 6.04 Å². The van der Waals surface area contributed by atoms with Crippen LogP contribution in [0.4, 0.5) is 0 Å².